The molecule has 0 aliphatic heterocycles. The molecule has 0 saturated carbocycles. The van der Waals surface area contributed by atoms with Gasteiger partial charge in [-0.05, 0) is 31.4 Å². The monoisotopic (exact) mass is 292 g/mol. The number of esters is 2. The number of hydrogen-bond acceptors (Lipinski definition) is 4. The van der Waals surface area contributed by atoms with E-state index in [0.29, 0.717) is 38.0 Å². The Morgan fingerprint density at radius 1 is 0.905 bits per heavy atom. The van der Waals surface area contributed by atoms with Crippen LogP contribution in [0.5, 0.6) is 5.75 Å². The summed E-state index contributed by atoms with van der Waals surface area (Å²) in [6, 6.07) is 8.98. The first-order valence-corrected chi connectivity index (χ1v) is 7.63. The van der Waals surface area contributed by atoms with Gasteiger partial charge in [0.2, 0.25) is 0 Å². The zero-order chi connectivity index (χ0) is 15.3. The van der Waals surface area contributed by atoms with Crippen molar-refractivity contribution in [3.63, 3.8) is 0 Å². The highest BCUT2D eigenvalue weighted by Gasteiger charge is 2.06. The quantitative estimate of drug-likeness (QED) is 0.373. The molecule has 0 N–H and O–H groups in total. The van der Waals surface area contributed by atoms with E-state index < -0.39 is 0 Å². The summed E-state index contributed by atoms with van der Waals surface area (Å²) in [4.78, 5) is 23.0. The normalized spacial score (nSPS) is 10.1. The third kappa shape index (κ3) is 8.84. The van der Waals surface area contributed by atoms with Crippen LogP contribution < -0.4 is 4.74 Å². The summed E-state index contributed by atoms with van der Waals surface area (Å²) in [6.45, 7) is 2.61. The van der Waals surface area contributed by atoms with Crippen molar-refractivity contribution in [2.45, 2.75) is 51.9 Å². The number of rotatable bonds is 10. The van der Waals surface area contributed by atoms with Gasteiger partial charge in [-0.1, -0.05) is 38.0 Å². The Hall–Kier alpha value is -1.84. The van der Waals surface area contributed by atoms with Crippen LogP contribution in [0.25, 0.3) is 0 Å². The molecule has 1 aromatic rings. The third-order valence-electron chi connectivity index (χ3n) is 3.00. The van der Waals surface area contributed by atoms with Crippen LogP contribution in [0.15, 0.2) is 30.3 Å². The number of carbonyl (C=O) groups is 2. The smallest absolute Gasteiger partial charge is 0.311 e. The lowest BCUT2D eigenvalue weighted by Crippen LogP contribution is -2.09. The standard InChI is InChI=1S/C17H24O4/c1-2-3-9-14-20-16(18)12-7-8-13-17(19)21-15-10-5-4-6-11-15/h4-6,10-11H,2-3,7-9,12-14H2,1H3. The summed E-state index contributed by atoms with van der Waals surface area (Å²) >= 11 is 0. The maximum atomic E-state index is 11.6. The fraction of sp³-hybridized carbons (Fsp3) is 0.529. The van der Waals surface area contributed by atoms with Crippen molar-refractivity contribution >= 4 is 11.9 Å². The predicted molar refractivity (Wildman–Crippen MR) is 81.0 cm³/mol. The highest BCUT2D eigenvalue weighted by Crippen LogP contribution is 2.11. The maximum Gasteiger partial charge on any atom is 0.311 e. The van der Waals surface area contributed by atoms with Gasteiger partial charge in [0.25, 0.3) is 0 Å². The van der Waals surface area contributed by atoms with Crippen molar-refractivity contribution in [3.8, 4) is 5.75 Å². The zero-order valence-corrected chi connectivity index (χ0v) is 12.7. The van der Waals surface area contributed by atoms with E-state index in [2.05, 4.69) is 6.92 Å². The maximum absolute atomic E-state index is 11.6. The molecule has 0 aromatic heterocycles. The highest BCUT2D eigenvalue weighted by molar-refractivity contribution is 5.72. The molecule has 0 saturated heterocycles. The number of para-hydroxylation sites is 1. The van der Waals surface area contributed by atoms with Gasteiger partial charge < -0.3 is 9.47 Å². The number of unbranched alkanes of at least 4 members (excludes halogenated alkanes) is 3. The van der Waals surface area contributed by atoms with E-state index in [1.54, 1.807) is 12.1 Å². The van der Waals surface area contributed by atoms with Crippen LogP contribution in [-0.2, 0) is 14.3 Å². The first-order chi connectivity index (χ1) is 10.2. The van der Waals surface area contributed by atoms with Gasteiger partial charge >= 0.3 is 11.9 Å². The average molecular weight is 292 g/mol. The first-order valence-electron chi connectivity index (χ1n) is 7.63. The Morgan fingerprint density at radius 2 is 1.57 bits per heavy atom. The number of hydrogen-bond donors (Lipinski definition) is 0. The molecule has 0 atom stereocenters. The summed E-state index contributed by atoms with van der Waals surface area (Å²) in [5.74, 6) is 0.109. The molecule has 1 rings (SSSR count). The van der Waals surface area contributed by atoms with Crippen molar-refractivity contribution < 1.29 is 19.1 Å². The molecular formula is C17H24O4. The zero-order valence-electron chi connectivity index (χ0n) is 12.7. The minimum Gasteiger partial charge on any atom is -0.466 e. The van der Waals surface area contributed by atoms with Crippen LogP contribution >= 0.6 is 0 Å². The molecule has 0 spiro atoms. The number of benzene rings is 1. The van der Waals surface area contributed by atoms with Gasteiger partial charge in [-0.3, -0.25) is 9.59 Å². The predicted octanol–water partition coefficient (Wildman–Crippen LogP) is 3.89. The molecule has 0 fully saturated rings. The molecule has 4 nitrogen and oxygen atoms in total. The van der Waals surface area contributed by atoms with Crippen molar-refractivity contribution in [3.05, 3.63) is 30.3 Å². The number of ether oxygens (including phenoxy) is 2. The molecule has 0 radical (unpaired) electrons. The Labute approximate surface area is 126 Å². The molecule has 0 aliphatic carbocycles. The molecule has 0 aliphatic rings. The van der Waals surface area contributed by atoms with E-state index in [1.807, 2.05) is 18.2 Å². The second kappa shape index (κ2) is 10.9. The largest absolute Gasteiger partial charge is 0.466 e. The van der Waals surface area contributed by atoms with Crippen LogP contribution in [0.3, 0.4) is 0 Å². The van der Waals surface area contributed by atoms with Gasteiger partial charge in [-0.2, -0.15) is 0 Å². The molecule has 0 amide bonds. The van der Waals surface area contributed by atoms with E-state index >= 15 is 0 Å². The Kier molecular flexibility index (Phi) is 8.93. The van der Waals surface area contributed by atoms with Crippen molar-refractivity contribution in [1.29, 1.82) is 0 Å². The fourth-order valence-electron chi connectivity index (χ4n) is 1.82. The van der Waals surface area contributed by atoms with Gasteiger partial charge in [0.15, 0.2) is 0 Å². The molecule has 4 heteroatoms. The molecule has 1 aromatic carbocycles. The van der Waals surface area contributed by atoms with Crippen LogP contribution in [-0.4, -0.2) is 18.5 Å². The van der Waals surface area contributed by atoms with E-state index in [-0.39, 0.29) is 11.9 Å². The minimum atomic E-state index is -0.266. The summed E-state index contributed by atoms with van der Waals surface area (Å²) in [6.07, 6.45) is 5.08. The van der Waals surface area contributed by atoms with E-state index in [1.165, 1.54) is 0 Å². The molecule has 21 heavy (non-hydrogen) atoms. The first kappa shape index (κ1) is 17.2. The van der Waals surface area contributed by atoms with E-state index in [9.17, 15) is 9.59 Å². The Morgan fingerprint density at radius 3 is 2.24 bits per heavy atom. The molecule has 116 valence electrons. The molecular weight excluding hydrogens is 268 g/mol. The van der Waals surface area contributed by atoms with Crippen LogP contribution in [0, 0.1) is 0 Å². The van der Waals surface area contributed by atoms with E-state index in [4.69, 9.17) is 9.47 Å². The molecule has 0 unspecified atom stereocenters. The van der Waals surface area contributed by atoms with E-state index in [0.717, 1.165) is 19.3 Å². The Bertz CT molecular complexity index is 414. The van der Waals surface area contributed by atoms with Crippen LogP contribution in [0.4, 0.5) is 0 Å². The lowest BCUT2D eigenvalue weighted by Gasteiger charge is -2.05. The lowest BCUT2D eigenvalue weighted by atomic mass is 10.2. The van der Waals surface area contributed by atoms with Gasteiger partial charge in [0.1, 0.15) is 5.75 Å². The summed E-state index contributed by atoms with van der Waals surface area (Å²) in [5, 5.41) is 0. The summed E-state index contributed by atoms with van der Waals surface area (Å²) in [5.41, 5.74) is 0. The molecule has 0 heterocycles. The lowest BCUT2D eigenvalue weighted by molar-refractivity contribution is -0.144. The van der Waals surface area contributed by atoms with Crippen molar-refractivity contribution in [1.82, 2.24) is 0 Å². The number of carbonyl (C=O) groups excluding carboxylic acids is 2. The van der Waals surface area contributed by atoms with Crippen LogP contribution in [0.1, 0.15) is 51.9 Å². The van der Waals surface area contributed by atoms with Crippen LogP contribution in [0.2, 0.25) is 0 Å². The van der Waals surface area contributed by atoms with Gasteiger partial charge in [-0.25, -0.2) is 0 Å². The summed E-state index contributed by atoms with van der Waals surface area (Å²) in [7, 11) is 0. The average Bonchev–Trinajstić information content (AvgIpc) is 2.49. The van der Waals surface area contributed by atoms with Gasteiger partial charge in [0.05, 0.1) is 6.61 Å². The molecule has 0 bridgehead atoms. The topological polar surface area (TPSA) is 52.6 Å². The van der Waals surface area contributed by atoms with Gasteiger partial charge in [0, 0.05) is 12.8 Å². The minimum absolute atomic E-state index is 0.178. The Balaban J connectivity index is 2.03. The third-order valence-corrected chi connectivity index (χ3v) is 3.00. The summed E-state index contributed by atoms with van der Waals surface area (Å²) < 4.78 is 10.2. The highest BCUT2D eigenvalue weighted by atomic mass is 16.5. The second-order valence-corrected chi connectivity index (χ2v) is 4.92. The SMILES string of the molecule is CCCCCOC(=O)CCCCC(=O)Oc1ccccc1. The van der Waals surface area contributed by atoms with Crippen molar-refractivity contribution in [2.24, 2.45) is 0 Å². The van der Waals surface area contributed by atoms with Crippen molar-refractivity contribution in [2.75, 3.05) is 6.61 Å². The fourth-order valence-corrected chi connectivity index (χ4v) is 1.82. The van der Waals surface area contributed by atoms with Gasteiger partial charge in [-0.15, -0.1) is 0 Å². The second-order valence-electron chi connectivity index (χ2n) is 4.92.